The third kappa shape index (κ3) is 3.70. The molecule has 0 unspecified atom stereocenters. The number of benzene rings is 3. The Morgan fingerprint density at radius 3 is 2.37 bits per heavy atom. The summed E-state index contributed by atoms with van der Waals surface area (Å²) in [7, 11) is 1.59. The molecule has 0 bridgehead atoms. The van der Waals surface area contributed by atoms with E-state index in [2.05, 4.69) is 0 Å². The highest BCUT2D eigenvalue weighted by atomic mass is 16.5. The van der Waals surface area contributed by atoms with E-state index < -0.39 is 5.97 Å². The van der Waals surface area contributed by atoms with Crippen LogP contribution in [-0.4, -0.2) is 13.1 Å². The molecule has 0 atom stereocenters. The maximum absolute atomic E-state index is 12.9. The van der Waals surface area contributed by atoms with Gasteiger partial charge in [0, 0.05) is 11.1 Å². The minimum atomic E-state index is -0.553. The molecule has 0 saturated heterocycles. The Kier molecular flexibility index (Phi) is 5.35. The lowest BCUT2D eigenvalue weighted by Crippen LogP contribution is -2.11. The van der Waals surface area contributed by atoms with Crippen molar-refractivity contribution in [3.05, 3.63) is 99.7 Å². The molecule has 0 spiro atoms. The van der Waals surface area contributed by atoms with Crippen LogP contribution < -0.4 is 10.2 Å². The van der Waals surface area contributed by atoms with E-state index in [1.165, 1.54) is 0 Å². The molecule has 30 heavy (non-hydrogen) atoms. The van der Waals surface area contributed by atoms with E-state index in [9.17, 15) is 9.59 Å². The van der Waals surface area contributed by atoms with Crippen molar-refractivity contribution in [3.8, 4) is 17.1 Å². The lowest BCUT2D eigenvalue weighted by Gasteiger charge is -2.11. The molecule has 0 aliphatic heterocycles. The monoisotopic (exact) mass is 400 g/mol. The van der Waals surface area contributed by atoms with Crippen LogP contribution in [0.2, 0.25) is 0 Å². The number of carbonyl (C=O) groups is 1. The molecule has 1 aromatic heterocycles. The number of rotatable bonds is 5. The highest BCUT2D eigenvalue weighted by molar-refractivity contribution is 6.02. The van der Waals surface area contributed by atoms with Crippen molar-refractivity contribution >= 4 is 16.9 Å². The van der Waals surface area contributed by atoms with Gasteiger partial charge in [-0.15, -0.1) is 0 Å². The van der Waals surface area contributed by atoms with Crippen molar-refractivity contribution in [1.29, 1.82) is 0 Å². The van der Waals surface area contributed by atoms with Gasteiger partial charge in [0.1, 0.15) is 23.7 Å². The number of hydrogen-bond donors (Lipinski definition) is 0. The van der Waals surface area contributed by atoms with Crippen LogP contribution in [0.15, 0.2) is 82.0 Å². The average Bonchev–Trinajstić information content (AvgIpc) is 2.80. The molecule has 1 heterocycles. The van der Waals surface area contributed by atoms with E-state index >= 15 is 0 Å². The number of esters is 1. The van der Waals surface area contributed by atoms with Crippen LogP contribution in [0.1, 0.15) is 21.5 Å². The van der Waals surface area contributed by atoms with Gasteiger partial charge in [0.05, 0.1) is 12.5 Å². The van der Waals surface area contributed by atoms with Crippen LogP contribution in [0.5, 0.6) is 5.75 Å². The molecule has 0 saturated carbocycles. The minimum absolute atomic E-state index is 0.0981. The molecular weight excluding hydrogens is 380 g/mol. The first-order valence-electron chi connectivity index (χ1n) is 9.50. The summed E-state index contributed by atoms with van der Waals surface area (Å²) in [6, 6.07) is 21.5. The van der Waals surface area contributed by atoms with Gasteiger partial charge in [-0.05, 0) is 36.8 Å². The first-order chi connectivity index (χ1) is 14.6. The first-order valence-corrected chi connectivity index (χ1v) is 9.50. The molecule has 0 fully saturated rings. The molecule has 0 radical (unpaired) electrons. The Labute approximate surface area is 173 Å². The lowest BCUT2D eigenvalue weighted by atomic mass is 10.0. The maximum atomic E-state index is 12.9. The predicted octanol–water partition coefficient (Wildman–Crippen LogP) is 5.13. The van der Waals surface area contributed by atoms with Gasteiger partial charge in [-0.25, -0.2) is 4.79 Å². The standard InChI is InChI=1S/C25H20O5/c1-16-22(26)20-9-6-10-21(24(20)30-23(16)18-7-4-3-5-8-18)25(27)29-15-17-11-13-19(28-2)14-12-17/h3-14H,15H2,1-2H3. The summed E-state index contributed by atoms with van der Waals surface area (Å²) in [6.07, 6.45) is 0. The summed E-state index contributed by atoms with van der Waals surface area (Å²) in [5, 5.41) is 0.353. The van der Waals surface area contributed by atoms with E-state index in [1.54, 1.807) is 44.4 Å². The molecule has 150 valence electrons. The van der Waals surface area contributed by atoms with E-state index in [4.69, 9.17) is 13.9 Å². The predicted molar refractivity (Wildman–Crippen MR) is 115 cm³/mol. The largest absolute Gasteiger partial charge is 0.497 e. The fraction of sp³-hybridized carbons (Fsp3) is 0.120. The number of methoxy groups -OCH3 is 1. The summed E-state index contributed by atoms with van der Waals surface area (Å²) in [4.78, 5) is 25.7. The maximum Gasteiger partial charge on any atom is 0.342 e. The second-order valence-electron chi connectivity index (χ2n) is 6.86. The summed E-state index contributed by atoms with van der Waals surface area (Å²) < 4.78 is 16.7. The van der Waals surface area contributed by atoms with Crippen LogP contribution in [0.25, 0.3) is 22.3 Å². The zero-order valence-electron chi connectivity index (χ0n) is 16.7. The Morgan fingerprint density at radius 1 is 0.933 bits per heavy atom. The molecule has 5 heteroatoms. The minimum Gasteiger partial charge on any atom is -0.497 e. The highest BCUT2D eigenvalue weighted by Gasteiger charge is 2.19. The molecule has 0 aliphatic rings. The van der Waals surface area contributed by atoms with Crippen molar-refractivity contribution < 1.29 is 18.7 Å². The molecule has 5 nitrogen and oxygen atoms in total. The van der Waals surface area contributed by atoms with Gasteiger partial charge >= 0.3 is 5.97 Å². The lowest BCUT2D eigenvalue weighted by molar-refractivity contribution is 0.0473. The van der Waals surface area contributed by atoms with Crippen LogP contribution in [-0.2, 0) is 11.3 Å². The number of hydrogen-bond acceptors (Lipinski definition) is 5. The summed E-state index contributed by atoms with van der Waals surface area (Å²) in [5.74, 6) is 0.621. The molecule has 4 rings (SSSR count). The highest BCUT2D eigenvalue weighted by Crippen LogP contribution is 2.27. The van der Waals surface area contributed by atoms with Crippen molar-refractivity contribution in [2.24, 2.45) is 0 Å². The van der Waals surface area contributed by atoms with Crippen LogP contribution in [0.3, 0.4) is 0 Å². The topological polar surface area (TPSA) is 65.7 Å². The van der Waals surface area contributed by atoms with Crippen molar-refractivity contribution in [1.82, 2.24) is 0 Å². The normalized spacial score (nSPS) is 10.7. The molecule has 3 aromatic carbocycles. The van der Waals surface area contributed by atoms with E-state index in [-0.39, 0.29) is 23.2 Å². The molecule has 0 aliphatic carbocycles. The van der Waals surface area contributed by atoms with Gasteiger partial charge in [-0.2, -0.15) is 0 Å². The zero-order chi connectivity index (χ0) is 21.1. The van der Waals surface area contributed by atoms with Gasteiger partial charge in [0.15, 0.2) is 11.0 Å². The third-order valence-electron chi connectivity index (χ3n) is 4.93. The number of carbonyl (C=O) groups excluding carboxylic acids is 1. The van der Waals surface area contributed by atoms with Crippen LogP contribution in [0, 0.1) is 6.92 Å². The van der Waals surface area contributed by atoms with Crippen molar-refractivity contribution in [2.45, 2.75) is 13.5 Å². The Bertz CT molecular complexity index is 1250. The second kappa shape index (κ2) is 8.25. The van der Waals surface area contributed by atoms with Gasteiger partial charge in [-0.3, -0.25) is 4.79 Å². The number of ether oxygens (including phenoxy) is 2. The Morgan fingerprint density at radius 2 is 1.67 bits per heavy atom. The quantitative estimate of drug-likeness (QED) is 0.434. The SMILES string of the molecule is COc1ccc(COC(=O)c2cccc3c(=O)c(C)c(-c4ccccc4)oc23)cc1. The summed E-state index contributed by atoms with van der Waals surface area (Å²) in [6.45, 7) is 1.82. The molecule has 0 N–H and O–H groups in total. The summed E-state index contributed by atoms with van der Waals surface area (Å²) in [5.41, 5.74) is 2.38. The summed E-state index contributed by atoms with van der Waals surface area (Å²) >= 11 is 0. The van der Waals surface area contributed by atoms with E-state index in [0.717, 1.165) is 16.9 Å². The molecule has 0 amide bonds. The van der Waals surface area contributed by atoms with E-state index in [1.807, 2.05) is 42.5 Å². The average molecular weight is 400 g/mol. The smallest absolute Gasteiger partial charge is 0.342 e. The van der Waals surface area contributed by atoms with Gasteiger partial charge in [-0.1, -0.05) is 48.5 Å². The molecular formula is C25H20O5. The van der Waals surface area contributed by atoms with Crippen LogP contribution in [0.4, 0.5) is 0 Å². The van der Waals surface area contributed by atoms with Crippen LogP contribution >= 0.6 is 0 Å². The zero-order valence-corrected chi connectivity index (χ0v) is 16.7. The Hall–Kier alpha value is -3.86. The van der Waals surface area contributed by atoms with Gasteiger partial charge in [0.2, 0.25) is 0 Å². The van der Waals surface area contributed by atoms with Crippen molar-refractivity contribution in [3.63, 3.8) is 0 Å². The second-order valence-corrected chi connectivity index (χ2v) is 6.86. The number of para-hydroxylation sites is 1. The molecule has 4 aromatic rings. The fourth-order valence-corrected chi connectivity index (χ4v) is 3.28. The van der Waals surface area contributed by atoms with Crippen molar-refractivity contribution in [2.75, 3.05) is 7.11 Å². The third-order valence-corrected chi connectivity index (χ3v) is 4.93. The number of fused-ring (bicyclic) bond motifs is 1. The van der Waals surface area contributed by atoms with Gasteiger partial charge in [0.25, 0.3) is 0 Å². The van der Waals surface area contributed by atoms with Gasteiger partial charge < -0.3 is 13.9 Å². The first kappa shape index (κ1) is 19.5. The Balaban J connectivity index is 1.70. The fourth-order valence-electron chi connectivity index (χ4n) is 3.28. The van der Waals surface area contributed by atoms with E-state index in [0.29, 0.717) is 16.7 Å².